The molecule has 30 heavy (non-hydrogen) atoms. The van der Waals surface area contributed by atoms with Gasteiger partial charge in [0.1, 0.15) is 10.8 Å². The second-order valence-electron chi connectivity index (χ2n) is 7.71. The van der Waals surface area contributed by atoms with E-state index in [1.807, 2.05) is 31.2 Å². The highest BCUT2D eigenvalue weighted by atomic mass is 32.1. The zero-order chi connectivity index (χ0) is 20.9. The third-order valence-corrected chi connectivity index (χ3v) is 6.72. The molecule has 1 aliphatic heterocycles. The minimum atomic E-state index is 0.583. The first-order valence-corrected chi connectivity index (χ1v) is 11.1. The summed E-state index contributed by atoms with van der Waals surface area (Å²) in [5.74, 6) is 0.856. The van der Waals surface area contributed by atoms with Crippen molar-refractivity contribution in [3.05, 3.63) is 64.7 Å². The van der Waals surface area contributed by atoms with Gasteiger partial charge in [-0.05, 0) is 55.9 Å². The van der Waals surface area contributed by atoms with Crippen LogP contribution in [0.3, 0.4) is 0 Å². The zero-order valence-corrected chi connectivity index (χ0v) is 18.7. The molecule has 0 aliphatic carbocycles. The summed E-state index contributed by atoms with van der Waals surface area (Å²) in [5, 5.41) is 1.02. The van der Waals surface area contributed by atoms with E-state index in [4.69, 9.17) is 14.5 Å². The Bertz CT molecular complexity index is 946. The molecule has 0 atom stereocenters. The molecular formula is C24H29N3O2S. The fraction of sp³-hybridized carbons (Fsp3) is 0.375. The van der Waals surface area contributed by atoms with Crippen LogP contribution in [0.5, 0.6) is 5.75 Å². The van der Waals surface area contributed by atoms with Crippen LogP contribution in [0.1, 0.15) is 16.1 Å². The normalized spacial score (nSPS) is 14.8. The van der Waals surface area contributed by atoms with E-state index in [2.05, 4.69) is 41.1 Å². The zero-order valence-electron chi connectivity index (χ0n) is 17.9. The first kappa shape index (κ1) is 20.8. The van der Waals surface area contributed by atoms with Gasteiger partial charge in [0.25, 0.3) is 0 Å². The largest absolute Gasteiger partial charge is 0.497 e. The summed E-state index contributed by atoms with van der Waals surface area (Å²) in [6.07, 6.45) is 0. The van der Waals surface area contributed by atoms with Crippen LogP contribution in [-0.2, 0) is 18.0 Å². The Kier molecular flexibility index (Phi) is 6.67. The Morgan fingerprint density at radius 3 is 2.30 bits per heavy atom. The molecule has 0 bridgehead atoms. The molecule has 4 rings (SSSR count). The Balaban J connectivity index is 1.31. The van der Waals surface area contributed by atoms with E-state index in [1.165, 1.54) is 16.1 Å². The fourth-order valence-corrected chi connectivity index (χ4v) is 4.55. The smallest absolute Gasteiger partial charge is 0.123 e. The monoisotopic (exact) mass is 423 g/mol. The lowest BCUT2D eigenvalue weighted by atomic mass is 10.2. The highest BCUT2D eigenvalue weighted by Crippen LogP contribution is 2.30. The maximum Gasteiger partial charge on any atom is 0.123 e. The summed E-state index contributed by atoms with van der Waals surface area (Å²) in [6, 6.07) is 16.8. The lowest BCUT2D eigenvalue weighted by Gasteiger charge is -2.34. The van der Waals surface area contributed by atoms with Crippen LogP contribution in [0.4, 0.5) is 5.69 Å². The Hall–Kier alpha value is -2.41. The molecule has 1 fully saturated rings. The number of aromatic nitrogens is 1. The third-order valence-electron chi connectivity index (χ3n) is 5.54. The minimum Gasteiger partial charge on any atom is -0.497 e. The van der Waals surface area contributed by atoms with E-state index < -0.39 is 0 Å². The van der Waals surface area contributed by atoms with E-state index in [0.29, 0.717) is 13.2 Å². The second-order valence-corrected chi connectivity index (χ2v) is 8.79. The Labute approximate surface area is 182 Å². The quantitative estimate of drug-likeness (QED) is 0.555. The standard InChI is InChI=1S/C24H29N3O2S/c1-18-23(30-24(25-18)20-6-10-22(28-3)11-7-20)17-29-16-19-4-8-21(9-5-19)27-14-12-26(2)13-15-27/h4-11H,12-17H2,1-3H3. The molecule has 1 saturated heterocycles. The van der Waals surface area contributed by atoms with Crippen molar-refractivity contribution in [1.82, 2.24) is 9.88 Å². The van der Waals surface area contributed by atoms with Crippen LogP contribution in [0.25, 0.3) is 10.6 Å². The topological polar surface area (TPSA) is 37.8 Å². The van der Waals surface area contributed by atoms with E-state index in [-0.39, 0.29) is 0 Å². The molecular weight excluding hydrogens is 394 g/mol. The van der Waals surface area contributed by atoms with Crippen molar-refractivity contribution >= 4 is 17.0 Å². The lowest BCUT2D eigenvalue weighted by molar-refractivity contribution is 0.109. The van der Waals surface area contributed by atoms with Gasteiger partial charge in [-0.15, -0.1) is 11.3 Å². The molecule has 1 aromatic heterocycles. The van der Waals surface area contributed by atoms with Crippen molar-refractivity contribution in [3.8, 4) is 16.3 Å². The number of anilines is 1. The maximum absolute atomic E-state index is 6.00. The summed E-state index contributed by atoms with van der Waals surface area (Å²) >= 11 is 1.70. The number of ether oxygens (including phenoxy) is 2. The predicted octanol–water partition coefficient (Wildman–Crippen LogP) is 4.60. The number of piperazine rings is 1. The van der Waals surface area contributed by atoms with Crippen molar-refractivity contribution in [3.63, 3.8) is 0 Å². The average Bonchev–Trinajstić information content (AvgIpc) is 3.15. The van der Waals surface area contributed by atoms with Gasteiger partial charge in [0.15, 0.2) is 0 Å². The molecule has 0 unspecified atom stereocenters. The second kappa shape index (κ2) is 9.60. The first-order valence-electron chi connectivity index (χ1n) is 10.3. The van der Waals surface area contributed by atoms with Crippen LogP contribution < -0.4 is 9.64 Å². The molecule has 0 N–H and O–H groups in total. The lowest BCUT2D eigenvalue weighted by Crippen LogP contribution is -2.44. The van der Waals surface area contributed by atoms with Crippen molar-refractivity contribution < 1.29 is 9.47 Å². The minimum absolute atomic E-state index is 0.583. The highest BCUT2D eigenvalue weighted by Gasteiger charge is 2.14. The number of aryl methyl sites for hydroxylation is 1. The van der Waals surface area contributed by atoms with Crippen molar-refractivity contribution in [2.75, 3.05) is 45.2 Å². The van der Waals surface area contributed by atoms with Crippen molar-refractivity contribution in [2.24, 2.45) is 0 Å². The van der Waals surface area contributed by atoms with Gasteiger partial charge in [-0.1, -0.05) is 12.1 Å². The number of hydrogen-bond acceptors (Lipinski definition) is 6. The predicted molar refractivity (Wildman–Crippen MR) is 123 cm³/mol. The number of rotatable bonds is 7. The Morgan fingerprint density at radius 2 is 1.63 bits per heavy atom. The summed E-state index contributed by atoms with van der Waals surface area (Å²) in [5.41, 5.74) is 4.64. The number of nitrogens with zero attached hydrogens (tertiary/aromatic N) is 3. The van der Waals surface area contributed by atoms with Gasteiger partial charge < -0.3 is 19.3 Å². The van der Waals surface area contributed by atoms with Crippen molar-refractivity contribution in [1.29, 1.82) is 0 Å². The summed E-state index contributed by atoms with van der Waals surface area (Å²) < 4.78 is 11.2. The molecule has 0 spiro atoms. The van der Waals surface area contributed by atoms with Crippen LogP contribution in [0.15, 0.2) is 48.5 Å². The number of likely N-dealkylation sites (N-methyl/N-ethyl adjacent to an activating group) is 1. The molecule has 2 heterocycles. The molecule has 5 nitrogen and oxygen atoms in total. The highest BCUT2D eigenvalue weighted by molar-refractivity contribution is 7.15. The van der Waals surface area contributed by atoms with Gasteiger partial charge in [-0.3, -0.25) is 0 Å². The van der Waals surface area contributed by atoms with Gasteiger partial charge in [0.05, 0.1) is 30.9 Å². The Morgan fingerprint density at radius 1 is 0.933 bits per heavy atom. The molecule has 0 saturated carbocycles. The maximum atomic E-state index is 6.00. The fourth-order valence-electron chi connectivity index (χ4n) is 3.55. The van der Waals surface area contributed by atoms with E-state index in [1.54, 1.807) is 18.4 Å². The number of methoxy groups -OCH3 is 1. The number of hydrogen-bond donors (Lipinski definition) is 0. The van der Waals surface area contributed by atoms with Gasteiger partial charge in [-0.2, -0.15) is 0 Å². The first-order chi connectivity index (χ1) is 14.6. The van der Waals surface area contributed by atoms with Gasteiger partial charge >= 0.3 is 0 Å². The van der Waals surface area contributed by atoms with Crippen LogP contribution in [0, 0.1) is 6.92 Å². The van der Waals surface area contributed by atoms with E-state index in [0.717, 1.165) is 48.2 Å². The molecule has 0 radical (unpaired) electrons. The molecule has 6 heteroatoms. The van der Waals surface area contributed by atoms with Crippen molar-refractivity contribution in [2.45, 2.75) is 20.1 Å². The summed E-state index contributed by atoms with van der Waals surface area (Å²) in [7, 11) is 3.86. The molecule has 0 amide bonds. The van der Waals surface area contributed by atoms with Crippen LogP contribution >= 0.6 is 11.3 Å². The molecule has 3 aromatic rings. The van der Waals surface area contributed by atoms with E-state index in [9.17, 15) is 0 Å². The number of thiazole rings is 1. The summed E-state index contributed by atoms with van der Waals surface area (Å²) in [4.78, 5) is 10.7. The van der Waals surface area contributed by atoms with Crippen LogP contribution in [0.2, 0.25) is 0 Å². The molecule has 1 aliphatic rings. The van der Waals surface area contributed by atoms with Crippen LogP contribution in [-0.4, -0.2) is 50.2 Å². The van der Waals surface area contributed by atoms with E-state index >= 15 is 0 Å². The third kappa shape index (κ3) is 5.01. The molecule has 158 valence electrons. The molecule has 2 aromatic carbocycles. The average molecular weight is 424 g/mol. The number of benzene rings is 2. The van der Waals surface area contributed by atoms with Gasteiger partial charge in [-0.25, -0.2) is 4.98 Å². The van der Waals surface area contributed by atoms with Gasteiger partial charge in [0.2, 0.25) is 0 Å². The summed E-state index contributed by atoms with van der Waals surface area (Å²) in [6.45, 7) is 7.67. The van der Waals surface area contributed by atoms with Gasteiger partial charge in [0, 0.05) is 37.4 Å². The SMILES string of the molecule is COc1ccc(-c2nc(C)c(COCc3ccc(N4CCN(C)CC4)cc3)s2)cc1.